The summed E-state index contributed by atoms with van der Waals surface area (Å²) in [5.41, 5.74) is -3.65. The molecule has 4 aromatic rings. The normalized spacial score (nSPS) is 11.3. The number of nitrogens with one attached hydrogen (secondary N) is 1. The highest BCUT2D eigenvalue weighted by Crippen LogP contribution is 2.31. The number of nitrogens with zero attached hydrogens (tertiary/aromatic N) is 4. The second-order valence-corrected chi connectivity index (χ2v) is 7.42. The van der Waals surface area contributed by atoms with Gasteiger partial charge in [-0.1, -0.05) is 6.07 Å². The maximum absolute atomic E-state index is 13.3. The van der Waals surface area contributed by atoms with Crippen LogP contribution in [0.4, 0.5) is 23.7 Å². The molecule has 0 aliphatic rings. The van der Waals surface area contributed by atoms with Crippen molar-refractivity contribution in [2.24, 2.45) is 0 Å². The van der Waals surface area contributed by atoms with Crippen molar-refractivity contribution in [3.05, 3.63) is 87.9 Å². The van der Waals surface area contributed by atoms with Crippen LogP contribution in [0, 0.1) is 0 Å². The highest BCUT2D eigenvalue weighted by Gasteiger charge is 2.31. The number of alkyl halides is 3. The van der Waals surface area contributed by atoms with Gasteiger partial charge < -0.3 is 14.9 Å². The molecule has 0 aliphatic carbocycles. The Morgan fingerprint density at radius 1 is 1.05 bits per heavy atom. The van der Waals surface area contributed by atoms with Crippen LogP contribution >= 0.6 is 0 Å². The largest absolute Gasteiger partial charge is 0.478 e. The van der Waals surface area contributed by atoms with Crippen LogP contribution in [0.2, 0.25) is 0 Å². The molecule has 15 heteroatoms. The number of halogens is 3. The first kappa shape index (κ1) is 24.9. The SMILES string of the molecule is O=C(Nc1cccc(C(=O)O)c1)OCc1cn(-n2c(=O)c(C(=O)O)nc3ccc(C(F)(F)F)cc32)cn1. The molecule has 37 heavy (non-hydrogen) atoms. The number of rotatable bonds is 6. The van der Waals surface area contributed by atoms with Crippen LogP contribution in [0.15, 0.2) is 59.8 Å². The molecule has 2 aromatic carbocycles. The summed E-state index contributed by atoms with van der Waals surface area (Å²) in [6.45, 7) is -0.450. The van der Waals surface area contributed by atoms with Crippen molar-refractivity contribution in [1.82, 2.24) is 19.3 Å². The molecule has 0 aliphatic heterocycles. The number of hydrogen-bond acceptors (Lipinski definition) is 7. The first-order chi connectivity index (χ1) is 17.4. The van der Waals surface area contributed by atoms with Gasteiger partial charge in [-0.15, -0.1) is 0 Å². The third-order valence-corrected chi connectivity index (χ3v) is 4.92. The molecule has 12 nitrogen and oxygen atoms in total. The van der Waals surface area contributed by atoms with Gasteiger partial charge in [-0.3, -0.25) is 10.1 Å². The molecule has 2 aromatic heterocycles. The summed E-state index contributed by atoms with van der Waals surface area (Å²) in [7, 11) is 0. The molecule has 1 amide bonds. The van der Waals surface area contributed by atoms with E-state index in [1.54, 1.807) is 0 Å². The Labute approximate surface area is 203 Å². The topological polar surface area (TPSA) is 166 Å². The molecule has 4 rings (SSSR count). The predicted octanol–water partition coefficient (Wildman–Crippen LogP) is 3.07. The van der Waals surface area contributed by atoms with Crippen molar-refractivity contribution in [3.8, 4) is 0 Å². The van der Waals surface area contributed by atoms with Gasteiger partial charge in [-0.25, -0.2) is 33.7 Å². The monoisotopic (exact) mass is 517 g/mol. The van der Waals surface area contributed by atoms with E-state index in [0.717, 1.165) is 23.3 Å². The van der Waals surface area contributed by atoms with Crippen molar-refractivity contribution >= 4 is 34.8 Å². The zero-order chi connectivity index (χ0) is 26.9. The highest BCUT2D eigenvalue weighted by molar-refractivity contribution is 5.91. The van der Waals surface area contributed by atoms with E-state index in [0.29, 0.717) is 16.8 Å². The van der Waals surface area contributed by atoms with Crippen LogP contribution in [0.5, 0.6) is 0 Å². The molecule has 2 heterocycles. The van der Waals surface area contributed by atoms with Gasteiger partial charge in [0.2, 0.25) is 5.69 Å². The third-order valence-electron chi connectivity index (χ3n) is 4.92. The number of benzene rings is 2. The van der Waals surface area contributed by atoms with Gasteiger partial charge >= 0.3 is 29.8 Å². The van der Waals surface area contributed by atoms with Crippen molar-refractivity contribution in [1.29, 1.82) is 0 Å². The lowest BCUT2D eigenvalue weighted by atomic mass is 10.2. The average Bonchev–Trinajstić information content (AvgIpc) is 3.30. The summed E-state index contributed by atoms with van der Waals surface area (Å²) in [4.78, 5) is 55.0. The van der Waals surface area contributed by atoms with E-state index < -0.39 is 47.6 Å². The number of anilines is 1. The second-order valence-electron chi connectivity index (χ2n) is 7.42. The molecule has 0 spiro atoms. The number of carbonyl (C=O) groups excluding carboxylic acids is 1. The minimum absolute atomic E-state index is 0.0511. The smallest absolute Gasteiger partial charge is 0.416 e. The number of carboxylic acid groups (broad SMARTS) is 2. The van der Waals surface area contributed by atoms with E-state index in [1.165, 1.54) is 24.3 Å². The van der Waals surface area contributed by atoms with Crippen LogP contribution in [-0.2, 0) is 17.5 Å². The maximum atomic E-state index is 13.3. The Morgan fingerprint density at radius 2 is 1.81 bits per heavy atom. The number of aromatic nitrogens is 4. The van der Waals surface area contributed by atoms with Gasteiger partial charge in [0.25, 0.3) is 0 Å². The van der Waals surface area contributed by atoms with Crippen LogP contribution in [0.1, 0.15) is 32.1 Å². The quantitative estimate of drug-likeness (QED) is 0.348. The summed E-state index contributed by atoms with van der Waals surface area (Å²) in [6.07, 6.45) is -3.55. The second kappa shape index (κ2) is 9.44. The maximum Gasteiger partial charge on any atom is 0.416 e. The van der Waals surface area contributed by atoms with Crippen molar-refractivity contribution in [3.63, 3.8) is 0 Å². The fourth-order valence-corrected chi connectivity index (χ4v) is 3.27. The lowest BCUT2D eigenvalue weighted by Crippen LogP contribution is -2.32. The summed E-state index contributed by atoms with van der Waals surface area (Å²) in [6, 6.07) is 7.65. The number of aromatic carboxylic acids is 2. The lowest BCUT2D eigenvalue weighted by molar-refractivity contribution is -0.137. The van der Waals surface area contributed by atoms with Gasteiger partial charge in [-0.2, -0.15) is 13.2 Å². The lowest BCUT2D eigenvalue weighted by Gasteiger charge is -2.13. The fourth-order valence-electron chi connectivity index (χ4n) is 3.27. The Bertz CT molecular complexity index is 1610. The number of amides is 1. The number of ether oxygens (including phenoxy) is 1. The molecule has 0 saturated heterocycles. The molecule has 0 saturated carbocycles. The Morgan fingerprint density at radius 3 is 2.49 bits per heavy atom. The standard InChI is InChI=1S/C22H14F3N5O7/c23-22(24,25)12-4-5-15-16(7-12)30(18(31)17(28-15)20(34)35)29-8-14(26-10-29)9-37-21(36)27-13-3-1-2-11(6-13)19(32)33/h1-8,10H,9H2,(H,27,36)(H,32,33)(H,34,35). The summed E-state index contributed by atoms with van der Waals surface area (Å²) in [5.74, 6) is -2.89. The first-order valence-electron chi connectivity index (χ1n) is 10.1. The van der Waals surface area contributed by atoms with Gasteiger partial charge in [0, 0.05) is 5.69 Å². The van der Waals surface area contributed by atoms with E-state index in [4.69, 9.17) is 9.84 Å². The molecule has 0 radical (unpaired) electrons. The van der Waals surface area contributed by atoms with Gasteiger partial charge in [0.15, 0.2) is 0 Å². The summed E-state index contributed by atoms with van der Waals surface area (Å²) in [5, 5.41) is 20.7. The molecule has 0 fully saturated rings. The van der Waals surface area contributed by atoms with Crippen molar-refractivity contribution in [2.45, 2.75) is 12.8 Å². The van der Waals surface area contributed by atoms with E-state index in [2.05, 4.69) is 15.3 Å². The molecule has 0 bridgehead atoms. The molecule has 190 valence electrons. The van der Waals surface area contributed by atoms with Gasteiger partial charge in [0.05, 0.1) is 34.1 Å². The van der Waals surface area contributed by atoms with Crippen molar-refractivity contribution in [2.75, 3.05) is 5.32 Å². The van der Waals surface area contributed by atoms with E-state index >= 15 is 0 Å². The van der Waals surface area contributed by atoms with Gasteiger partial charge in [-0.05, 0) is 36.4 Å². The minimum atomic E-state index is -4.74. The molecular formula is C22H14F3N5O7. The Kier molecular flexibility index (Phi) is 6.36. The Hall–Kier alpha value is -5.21. The molecular weight excluding hydrogens is 503 g/mol. The number of imidazole rings is 1. The van der Waals surface area contributed by atoms with Gasteiger partial charge in [0.1, 0.15) is 12.9 Å². The van der Waals surface area contributed by atoms with E-state index in [-0.39, 0.29) is 28.0 Å². The Balaban J connectivity index is 1.62. The zero-order valence-corrected chi connectivity index (χ0v) is 18.3. The average molecular weight is 517 g/mol. The van der Waals surface area contributed by atoms with Crippen molar-refractivity contribution < 1.29 is 42.5 Å². The number of fused-ring (bicyclic) bond motifs is 1. The summed E-state index contributed by atoms with van der Waals surface area (Å²) < 4.78 is 46.3. The number of carboxylic acids is 2. The van der Waals surface area contributed by atoms with Crippen LogP contribution in [-0.4, -0.2) is 47.6 Å². The zero-order valence-electron chi connectivity index (χ0n) is 18.3. The minimum Gasteiger partial charge on any atom is -0.478 e. The van der Waals surface area contributed by atoms with E-state index in [1.807, 2.05) is 0 Å². The molecule has 3 N–H and O–H groups in total. The molecule has 0 atom stereocenters. The fraction of sp³-hybridized carbons (Fsp3) is 0.0909. The van der Waals surface area contributed by atoms with Crippen LogP contribution in [0.3, 0.4) is 0 Å². The predicted molar refractivity (Wildman–Crippen MR) is 118 cm³/mol. The molecule has 0 unspecified atom stereocenters. The third kappa shape index (κ3) is 5.24. The number of hydrogen-bond donors (Lipinski definition) is 3. The van der Waals surface area contributed by atoms with Crippen LogP contribution in [0.25, 0.3) is 11.0 Å². The van der Waals surface area contributed by atoms with E-state index in [9.17, 15) is 37.5 Å². The highest BCUT2D eigenvalue weighted by atomic mass is 19.4. The number of carbonyl (C=O) groups is 3. The van der Waals surface area contributed by atoms with Crippen LogP contribution < -0.4 is 10.9 Å². The summed E-state index contributed by atoms with van der Waals surface area (Å²) >= 11 is 0. The first-order valence-corrected chi connectivity index (χ1v) is 10.1.